The lowest BCUT2D eigenvalue weighted by molar-refractivity contribution is 0.0681. The lowest BCUT2D eigenvalue weighted by atomic mass is 9.89. The second-order valence-electron chi connectivity index (χ2n) is 5.44. The Kier molecular flexibility index (Phi) is 4.27. The predicted octanol–water partition coefficient (Wildman–Crippen LogP) is 2.78. The number of rotatable bonds is 3. The lowest BCUT2D eigenvalue weighted by Crippen LogP contribution is -2.37. The van der Waals surface area contributed by atoms with E-state index in [1.165, 1.54) is 11.8 Å². The third-order valence-corrected chi connectivity index (χ3v) is 3.98. The summed E-state index contributed by atoms with van der Waals surface area (Å²) in [7, 11) is 0. The second-order valence-corrected chi connectivity index (χ2v) is 5.44. The van der Waals surface area contributed by atoms with Crippen LogP contribution >= 0.6 is 0 Å². The lowest BCUT2D eigenvalue weighted by Gasteiger charge is -2.31. The third-order valence-electron chi connectivity index (χ3n) is 3.98. The van der Waals surface area contributed by atoms with Crippen LogP contribution in [-0.2, 0) is 0 Å². The van der Waals surface area contributed by atoms with Crippen LogP contribution in [0.4, 0.5) is 10.8 Å². The van der Waals surface area contributed by atoms with E-state index in [0.717, 1.165) is 12.8 Å². The Morgan fingerprint density at radius 1 is 1.22 bits per heavy atom. The van der Waals surface area contributed by atoms with E-state index >= 15 is 0 Å². The van der Waals surface area contributed by atoms with Gasteiger partial charge in [0.2, 0.25) is 5.76 Å². The molecule has 0 atom stereocenters. The van der Waals surface area contributed by atoms with Crippen LogP contribution in [0.2, 0.25) is 0 Å². The molecule has 0 spiro atoms. The molecule has 2 heterocycles. The number of hydrogen-bond donors (Lipinski definition) is 2. The highest BCUT2D eigenvalue weighted by Crippen LogP contribution is 2.28. The molecule has 1 saturated heterocycles. The smallest absolute Gasteiger partial charge is 0.412 e. The second kappa shape index (κ2) is 6.51. The van der Waals surface area contributed by atoms with Crippen LogP contribution in [0.15, 0.2) is 40.9 Å². The van der Waals surface area contributed by atoms with Crippen LogP contribution in [0.1, 0.15) is 34.9 Å². The standard InChI is InChI=1S/C16H17N3O4/c20-14(13-10-17-15(23-13)18-16(21)22)19-8-6-12(7-9-19)11-4-2-1-3-5-11/h1-5,10,12H,6-9H2,(H,17,18)(H,21,22). The van der Waals surface area contributed by atoms with Crippen LogP contribution < -0.4 is 5.32 Å². The molecule has 1 aromatic heterocycles. The van der Waals surface area contributed by atoms with Crippen molar-refractivity contribution in [1.29, 1.82) is 0 Å². The number of likely N-dealkylation sites (tertiary alicyclic amines) is 1. The first-order valence-corrected chi connectivity index (χ1v) is 7.43. The van der Waals surface area contributed by atoms with Gasteiger partial charge >= 0.3 is 12.1 Å². The molecule has 7 nitrogen and oxygen atoms in total. The zero-order chi connectivity index (χ0) is 16.2. The molecule has 23 heavy (non-hydrogen) atoms. The maximum atomic E-state index is 12.4. The maximum Gasteiger partial charge on any atom is 0.412 e. The number of carbonyl (C=O) groups excluding carboxylic acids is 1. The molecule has 1 aliphatic rings. The van der Waals surface area contributed by atoms with Crippen LogP contribution in [0, 0.1) is 0 Å². The fourth-order valence-corrected chi connectivity index (χ4v) is 2.82. The van der Waals surface area contributed by atoms with E-state index in [0.29, 0.717) is 19.0 Å². The summed E-state index contributed by atoms with van der Waals surface area (Å²) < 4.78 is 5.13. The summed E-state index contributed by atoms with van der Waals surface area (Å²) in [6, 6.07) is 10.1. The van der Waals surface area contributed by atoms with Gasteiger partial charge in [-0.1, -0.05) is 30.3 Å². The molecule has 3 rings (SSSR count). The van der Waals surface area contributed by atoms with Crippen molar-refractivity contribution in [3.8, 4) is 0 Å². The van der Waals surface area contributed by atoms with Crippen LogP contribution in [0.25, 0.3) is 0 Å². The van der Waals surface area contributed by atoms with Crippen molar-refractivity contribution >= 4 is 18.0 Å². The van der Waals surface area contributed by atoms with E-state index in [1.54, 1.807) is 4.90 Å². The van der Waals surface area contributed by atoms with E-state index in [2.05, 4.69) is 17.1 Å². The van der Waals surface area contributed by atoms with Crippen molar-refractivity contribution < 1.29 is 19.1 Å². The van der Waals surface area contributed by atoms with Gasteiger partial charge in [-0.05, 0) is 24.3 Å². The molecule has 2 N–H and O–H groups in total. The number of hydrogen-bond acceptors (Lipinski definition) is 4. The molecule has 0 saturated carbocycles. The highest BCUT2D eigenvalue weighted by molar-refractivity contribution is 5.92. The number of amides is 2. The van der Waals surface area contributed by atoms with Crippen molar-refractivity contribution in [2.75, 3.05) is 18.4 Å². The van der Waals surface area contributed by atoms with Crippen molar-refractivity contribution in [3.05, 3.63) is 47.9 Å². The van der Waals surface area contributed by atoms with Gasteiger partial charge in [0.25, 0.3) is 5.91 Å². The Bertz CT molecular complexity index is 690. The summed E-state index contributed by atoms with van der Waals surface area (Å²) >= 11 is 0. The normalized spacial score (nSPS) is 15.4. The first kappa shape index (κ1) is 15.1. The van der Waals surface area contributed by atoms with Gasteiger partial charge in [-0.25, -0.2) is 15.1 Å². The van der Waals surface area contributed by atoms with Gasteiger partial charge in [0.15, 0.2) is 0 Å². The van der Waals surface area contributed by atoms with E-state index in [1.807, 2.05) is 23.5 Å². The highest BCUT2D eigenvalue weighted by Gasteiger charge is 2.26. The number of oxazole rings is 1. The Hall–Kier alpha value is -2.83. The van der Waals surface area contributed by atoms with Gasteiger partial charge in [-0.15, -0.1) is 0 Å². The van der Waals surface area contributed by atoms with Crippen molar-refractivity contribution in [1.82, 2.24) is 9.88 Å². The molecule has 7 heteroatoms. The number of carbonyl (C=O) groups is 2. The maximum absolute atomic E-state index is 12.4. The predicted molar refractivity (Wildman–Crippen MR) is 82.5 cm³/mol. The minimum atomic E-state index is -1.28. The zero-order valence-electron chi connectivity index (χ0n) is 12.4. The van der Waals surface area contributed by atoms with Crippen LogP contribution in [-0.4, -0.2) is 40.1 Å². The summed E-state index contributed by atoms with van der Waals surface area (Å²) in [5.74, 6) is 0.244. The minimum Gasteiger partial charge on any atom is -0.465 e. The largest absolute Gasteiger partial charge is 0.465 e. The molecule has 120 valence electrons. The first-order chi connectivity index (χ1) is 11.1. The monoisotopic (exact) mass is 315 g/mol. The average Bonchev–Trinajstić information content (AvgIpc) is 3.03. The number of benzene rings is 1. The topological polar surface area (TPSA) is 95.7 Å². The van der Waals surface area contributed by atoms with Crippen LogP contribution in [0.5, 0.6) is 0 Å². The van der Waals surface area contributed by atoms with E-state index < -0.39 is 6.09 Å². The molecule has 0 aliphatic carbocycles. The Labute approximate surface area is 132 Å². The fraction of sp³-hybridized carbons (Fsp3) is 0.312. The number of anilines is 1. The Morgan fingerprint density at radius 3 is 2.57 bits per heavy atom. The Morgan fingerprint density at radius 2 is 1.91 bits per heavy atom. The molecule has 1 aliphatic heterocycles. The molecular weight excluding hydrogens is 298 g/mol. The average molecular weight is 315 g/mol. The van der Waals surface area contributed by atoms with Gasteiger partial charge in [-0.3, -0.25) is 4.79 Å². The minimum absolute atomic E-state index is 0.0481. The summed E-state index contributed by atoms with van der Waals surface area (Å²) in [5, 5.41) is 10.6. The van der Waals surface area contributed by atoms with Crippen LogP contribution in [0.3, 0.4) is 0 Å². The molecule has 0 bridgehead atoms. The number of aromatic nitrogens is 1. The summed E-state index contributed by atoms with van der Waals surface area (Å²) in [6.07, 6.45) is 1.75. The SMILES string of the molecule is O=C(O)Nc1ncc(C(=O)N2CCC(c3ccccc3)CC2)o1. The summed E-state index contributed by atoms with van der Waals surface area (Å²) in [5.41, 5.74) is 1.30. The van der Waals surface area contributed by atoms with E-state index in [4.69, 9.17) is 9.52 Å². The molecule has 1 fully saturated rings. The molecule has 1 aromatic carbocycles. The number of carboxylic acid groups (broad SMARTS) is 1. The number of nitrogens with one attached hydrogen (secondary N) is 1. The molecule has 0 radical (unpaired) electrons. The van der Waals surface area contributed by atoms with E-state index in [-0.39, 0.29) is 17.7 Å². The zero-order valence-corrected chi connectivity index (χ0v) is 12.4. The number of piperidine rings is 1. The molecule has 0 unspecified atom stereocenters. The van der Waals surface area contributed by atoms with Gasteiger partial charge in [-0.2, -0.15) is 0 Å². The van der Waals surface area contributed by atoms with Crippen molar-refractivity contribution in [3.63, 3.8) is 0 Å². The van der Waals surface area contributed by atoms with Gasteiger partial charge < -0.3 is 14.4 Å². The fourth-order valence-electron chi connectivity index (χ4n) is 2.82. The highest BCUT2D eigenvalue weighted by atomic mass is 16.4. The molecule has 2 amide bonds. The quantitative estimate of drug-likeness (QED) is 0.908. The molecular formula is C16H17N3O4. The van der Waals surface area contributed by atoms with Crippen molar-refractivity contribution in [2.24, 2.45) is 0 Å². The van der Waals surface area contributed by atoms with Gasteiger partial charge in [0.1, 0.15) is 0 Å². The van der Waals surface area contributed by atoms with Crippen molar-refractivity contribution in [2.45, 2.75) is 18.8 Å². The van der Waals surface area contributed by atoms with Gasteiger partial charge in [0, 0.05) is 13.1 Å². The first-order valence-electron chi connectivity index (χ1n) is 7.43. The number of nitrogens with zero attached hydrogens (tertiary/aromatic N) is 2. The van der Waals surface area contributed by atoms with Gasteiger partial charge in [0.05, 0.1) is 6.20 Å². The molecule has 2 aromatic rings. The van der Waals surface area contributed by atoms with E-state index in [9.17, 15) is 9.59 Å². The summed E-state index contributed by atoms with van der Waals surface area (Å²) in [4.78, 5) is 28.3. The summed E-state index contributed by atoms with van der Waals surface area (Å²) in [6.45, 7) is 1.28. The Balaban J connectivity index is 1.60. The third kappa shape index (κ3) is 3.50.